The molecule has 102 valence electrons. The molecule has 2 heterocycles. The van der Waals surface area contributed by atoms with Gasteiger partial charge in [-0.05, 0) is 50.6 Å². The van der Waals surface area contributed by atoms with Gasteiger partial charge in [-0.2, -0.15) is 0 Å². The van der Waals surface area contributed by atoms with Crippen molar-refractivity contribution in [3.05, 3.63) is 28.8 Å². The Morgan fingerprint density at radius 1 is 1.32 bits per heavy atom. The van der Waals surface area contributed by atoms with Crippen molar-refractivity contribution < 1.29 is 9.53 Å². The van der Waals surface area contributed by atoms with E-state index in [0.717, 1.165) is 26.1 Å². The fraction of sp³-hybridized carbons (Fsp3) is 0.533. The van der Waals surface area contributed by atoms with Crippen LogP contribution in [0.2, 0.25) is 5.02 Å². The number of Topliss-reactive ketones (excluding diaryl/α,β-unsaturated/α-hetero) is 1. The Hall–Kier alpha value is -1.06. The van der Waals surface area contributed by atoms with Crippen LogP contribution in [0.25, 0.3) is 0 Å². The average Bonchev–Trinajstić information content (AvgIpc) is 2.86. The third kappa shape index (κ3) is 2.77. The molecule has 3 nitrogen and oxygen atoms in total. The lowest BCUT2D eigenvalue weighted by atomic mass is 9.95. The molecule has 1 atom stereocenters. The second-order valence-corrected chi connectivity index (χ2v) is 5.78. The molecule has 0 aromatic heterocycles. The number of hydrogen-bond acceptors (Lipinski definition) is 3. The number of likely N-dealkylation sites (tertiary alicyclic amines) is 1. The van der Waals surface area contributed by atoms with E-state index < -0.39 is 0 Å². The van der Waals surface area contributed by atoms with E-state index in [0.29, 0.717) is 22.9 Å². The van der Waals surface area contributed by atoms with Crippen LogP contribution in [0.3, 0.4) is 0 Å². The van der Waals surface area contributed by atoms with Crippen LogP contribution in [0, 0.1) is 5.92 Å². The molecule has 1 unspecified atom stereocenters. The Balaban J connectivity index is 1.81. The number of hydrogen-bond donors (Lipinski definition) is 0. The SMILES string of the molecule is O=C1c2cc(Cl)ccc2OCCC1CN1CCCC1. The van der Waals surface area contributed by atoms with Gasteiger partial charge >= 0.3 is 0 Å². The quantitative estimate of drug-likeness (QED) is 0.833. The molecule has 0 N–H and O–H groups in total. The van der Waals surface area contributed by atoms with E-state index in [2.05, 4.69) is 4.90 Å². The molecule has 3 rings (SSSR count). The molecule has 1 fully saturated rings. The van der Waals surface area contributed by atoms with E-state index in [1.807, 2.05) is 0 Å². The van der Waals surface area contributed by atoms with Crippen molar-refractivity contribution in [2.75, 3.05) is 26.2 Å². The van der Waals surface area contributed by atoms with Gasteiger partial charge in [0.1, 0.15) is 5.75 Å². The topological polar surface area (TPSA) is 29.5 Å². The van der Waals surface area contributed by atoms with Gasteiger partial charge in [0.15, 0.2) is 5.78 Å². The van der Waals surface area contributed by atoms with Crippen LogP contribution in [0.1, 0.15) is 29.6 Å². The van der Waals surface area contributed by atoms with E-state index in [1.165, 1.54) is 12.8 Å². The molecule has 0 radical (unpaired) electrons. The maximum Gasteiger partial charge on any atom is 0.171 e. The summed E-state index contributed by atoms with van der Waals surface area (Å²) < 4.78 is 5.67. The summed E-state index contributed by atoms with van der Waals surface area (Å²) in [6, 6.07) is 5.31. The highest BCUT2D eigenvalue weighted by molar-refractivity contribution is 6.31. The number of ether oxygens (including phenoxy) is 1. The predicted octanol–water partition coefficient (Wildman–Crippen LogP) is 3.02. The Kier molecular flexibility index (Phi) is 3.76. The zero-order valence-corrected chi connectivity index (χ0v) is 11.7. The Morgan fingerprint density at radius 3 is 2.89 bits per heavy atom. The fourth-order valence-electron chi connectivity index (χ4n) is 2.93. The summed E-state index contributed by atoms with van der Waals surface area (Å²) in [5, 5.41) is 0.595. The van der Waals surface area contributed by atoms with Gasteiger partial charge in [0.25, 0.3) is 0 Å². The molecule has 0 aliphatic carbocycles. The van der Waals surface area contributed by atoms with Crippen LogP contribution in [0.15, 0.2) is 18.2 Å². The number of carbonyl (C=O) groups is 1. The molecule has 0 amide bonds. The minimum Gasteiger partial charge on any atom is -0.493 e. The van der Waals surface area contributed by atoms with Crippen LogP contribution in [0.4, 0.5) is 0 Å². The number of halogens is 1. The maximum atomic E-state index is 12.6. The van der Waals surface area contributed by atoms with Crippen molar-refractivity contribution in [3.63, 3.8) is 0 Å². The molecule has 4 heteroatoms. The summed E-state index contributed by atoms with van der Waals surface area (Å²) in [7, 11) is 0. The van der Waals surface area contributed by atoms with Crippen LogP contribution in [-0.2, 0) is 0 Å². The lowest BCUT2D eigenvalue weighted by molar-refractivity contribution is 0.0883. The first-order valence-corrected chi connectivity index (χ1v) is 7.31. The van der Waals surface area contributed by atoms with Gasteiger partial charge < -0.3 is 9.64 Å². The smallest absolute Gasteiger partial charge is 0.171 e. The molecule has 1 saturated heterocycles. The van der Waals surface area contributed by atoms with E-state index in [4.69, 9.17) is 16.3 Å². The summed E-state index contributed by atoms with van der Waals surface area (Å²) in [6.45, 7) is 3.70. The van der Waals surface area contributed by atoms with Crippen molar-refractivity contribution >= 4 is 17.4 Å². The fourth-order valence-corrected chi connectivity index (χ4v) is 3.11. The molecule has 2 aliphatic rings. The monoisotopic (exact) mass is 279 g/mol. The number of nitrogens with zero attached hydrogens (tertiary/aromatic N) is 1. The second kappa shape index (κ2) is 5.51. The van der Waals surface area contributed by atoms with Crippen molar-refractivity contribution in [1.29, 1.82) is 0 Å². The predicted molar refractivity (Wildman–Crippen MR) is 75.1 cm³/mol. The highest BCUT2D eigenvalue weighted by atomic mass is 35.5. The number of rotatable bonds is 2. The molecule has 0 spiro atoms. The van der Waals surface area contributed by atoms with Crippen LogP contribution in [0.5, 0.6) is 5.75 Å². The normalized spacial score (nSPS) is 23.8. The van der Waals surface area contributed by atoms with E-state index >= 15 is 0 Å². The van der Waals surface area contributed by atoms with E-state index in [-0.39, 0.29) is 11.7 Å². The first-order chi connectivity index (χ1) is 9.24. The first kappa shape index (κ1) is 12.9. The number of benzene rings is 1. The Bertz CT molecular complexity index is 483. The minimum absolute atomic E-state index is 0.0396. The van der Waals surface area contributed by atoms with Gasteiger partial charge in [-0.1, -0.05) is 11.6 Å². The number of carbonyl (C=O) groups excluding carboxylic acids is 1. The van der Waals surface area contributed by atoms with Crippen molar-refractivity contribution in [1.82, 2.24) is 4.90 Å². The lowest BCUT2D eigenvalue weighted by Gasteiger charge is -2.20. The van der Waals surface area contributed by atoms with Gasteiger partial charge in [-0.3, -0.25) is 4.79 Å². The van der Waals surface area contributed by atoms with Crippen LogP contribution in [-0.4, -0.2) is 36.9 Å². The third-order valence-electron chi connectivity index (χ3n) is 3.98. The van der Waals surface area contributed by atoms with Gasteiger partial charge in [-0.15, -0.1) is 0 Å². The summed E-state index contributed by atoms with van der Waals surface area (Å²) in [4.78, 5) is 15.0. The largest absolute Gasteiger partial charge is 0.493 e. The summed E-state index contributed by atoms with van der Waals surface area (Å²) >= 11 is 6.00. The van der Waals surface area contributed by atoms with Crippen molar-refractivity contribution in [2.24, 2.45) is 5.92 Å². The summed E-state index contributed by atoms with van der Waals surface area (Å²) in [5.41, 5.74) is 0.647. The highest BCUT2D eigenvalue weighted by Gasteiger charge is 2.29. The molecule has 1 aromatic carbocycles. The van der Waals surface area contributed by atoms with Gasteiger partial charge in [-0.25, -0.2) is 0 Å². The molecule has 1 aromatic rings. The van der Waals surface area contributed by atoms with Crippen LogP contribution < -0.4 is 4.74 Å². The molecule has 0 bridgehead atoms. The van der Waals surface area contributed by atoms with Gasteiger partial charge in [0.2, 0.25) is 0 Å². The average molecular weight is 280 g/mol. The van der Waals surface area contributed by atoms with Crippen LogP contribution >= 0.6 is 11.6 Å². The number of ketones is 1. The van der Waals surface area contributed by atoms with E-state index in [1.54, 1.807) is 18.2 Å². The first-order valence-electron chi connectivity index (χ1n) is 6.93. The van der Waals surface area contributed by atoms with Gasteiger partial charge in [0, 0.05) is 17.5 Å². The highest BCUT2D eigenvalue weighted by Crippen LogP contribution is 2.30. The molecular formula is C15H18ClNO2. The Morgan fingerprint density at radius 2 is 2.11 bits per heavy atom. The zero-order chi connectivity index (χ0) is 13.2. The lowest BCUT2D eigenvalue weighted by Crippen LogP contribution is -2.31. The number of fused-ring (bicyclic) bond motifs is 1. The van der Waals surface area contributed by atoms with Crippen molar-refractivity contribution in [2.45, 2.75) is 19.3 Å². The summed E-state index contributed by atoms with van der Waals surface area (Å²) in [6.07, 6.45) is 3.29. The molecule has 0 saturated carbocycles. The maximum absolute atomic E-state index is 12.6. The second-order valence-electron chi connectivity index (χ2n) is 5.35. The van der Waals surface area contributed by atoms with Crippen molar-refractivity contribution in [3.8, 4) is 5.75 Å². The third-order valence-corrected chi connectivity index (χ3v) is 4.21. The molecular weight excluding hydrogens is 262 g/mol. The zero-order valence-electron chi connectivity index (χ0n) is 10.9. The molecule has 2 aliphatic heterocycles. The Labute approximate surface area is 118 Å². The summed E-state index contributed by atoms with van der Waals surface area (Å²) in [5.74, 6) is 0.901. The standard InChI is InChI=1S/C15H18ClNO2/c16-12-3-4-14-13(9-12)15(18)11(5-8-19-14)10-17-6-1-2-7-17/h3-4,9,11H,1-2,5-8,10H2. The van der Waals surface area contributed by atoms with Gasteiger partial charge in [0.05, 0.1) is 12.2 Å². The minimum atomic E-state index is 0.0396. The van der Waals surface area contributed by atoms with E-state index in [9.17, 15) is 4.79 Å². The molecule has 19 heavy (non-hydrogen) atoms.